The van der Waals surface area contributed by atoms with Gasteiger partial charge in [0.15, 0.2) is 6.29 Å². The van der Waals surface area contributed by atoms with Gasteiger partial charge in [-0.05, 0) is 24.5 Å². The van der Waals surface area contributed by atoms with Crippen molar-refractivity contribution in [1.82, 2.24) is 9.88 Å². The molecule has 0 bridgehead atoms. The fourth-order valence-electron chi connectivity index (χ4n) is 6.13. The molecule has 2 aromatic rings. The number of amides is 1. The van der Waals surface area contributed by atoms with Crippen molar-refractivity contribution in [3.8, 4) is 0 Å². The first-order valence-corrected chi connectivity index (χ1v) is 12.3. The molecule has 2 saturated heterocycles. The lowest BCUT2D eigenvalue weighted by atomic mass is 9.74. The molecule has 1 aromatic carbocycles. The normalized spacial score (nSPS) is 38.0. The quantitative estimate of drug-likeness (QED) is 0.383. The van der Waals surface area contributed by atoms with Gasteiger partial charge < -0.3 is 44.5 Å². The number of rotatable bonds is 4. The number of aromatic nitrogens is 1. The number of carbonyl (C=O) groups is 1. The van der Waals surface area contributed by atoms with Crippen molar-refractivity contribution in [2.45, 2.75) is 55.9 Å². The molecule has 0 spiro atoms. The average Bonchev–Trinajstić information content (AvgIpc) is 3.28. The molecule has 6 rings (SSSR count). The van der Waals surface area contributed by atoms with Crippen LogP contribution in [0.2, 0.25) is 0 Å². The van der Waals surface area contributed by atoms with Crippen molar-refractivity contribution in [3.63, 3.8) is 0 Å². The third kappa shape index (κ3) is 3.52. The Hall–Kier alpha value is -2.73. The zero-order valence-corrected chi connectivity index (χ0v) is 19.6. The Labute approximate surface area is 207 Å². The minimum Gasteiger partial charge on any atom is -0.471 e. The van der Waals surface area contributed by atoms with Crippen LogP contribution in [-0.4, -0.2) is 86.4 Å². The van der Waals surface area contributed by atoms with E-state index < -0.39 is 49.5 Å². The van der Waals surface area contributed by atoms with Gasteiger partial charge in [-0.25, -0.2) is 0 Å². The van der Waals surface area contributed by atoms with Crippen molar-refractivity contribution in [2.24, 2.45) is 11.8 Å². The smallest absolute Gasteiger partial charge is 0.253 e. The van der Waals surface area contributed by atoms with E-state index in [1.54, 1.807) is 6.08 Å². The second-order valence-electron chi connectivity index (χ2n) is 9.89. The molecule has 0 unspecified atom stereocenters. The van der Waals surface area contributed by atoms with E-state index in [0.717, 1.165) is 17.6 Å². The second-order valence-corrected chi connectivity index (χ2v) is 9.89. The molecular formula is C26H30N2O8. The largest absolute Gasteiger partial charge is 0.471 e. The number of nitrogens with one attached hydrogen (secondary N) is 1. The minimum atomic E-state index is -1.56. The number of aliphatic hydroxyl groups is 4. The Morgan fingerprint density at radius 1 is 1.17 bits per heavy atom. The molecule has 192 valence electrons. The monoisotopic (exact) mass is 498 g/mol. The summed E-state index contributed by atoms with van der Waals surface area (Å²) < 4.78 is 17.2. The number of para-hydroxylation sites is 1. The highest BCUT2D eigenvalue weighted by atomic mass is 16.8. The van der Waals surface area contributed by atoms with Crippen LogP contribution < -0.4 is 0 Å². The zero-order chi connectivity index (χ0) is 25.1. The van der Waals surface area contributed by atoms with Crippen molar-refractivity contribution >= 4 is 16.8 Å². The highest BCUT2D eigenvalue weighted by Gasteiger charge is 2.51. The van der Waals surface area contributed by atoms with Crippen LogP contribution in [0, 0.1) is 11.8 Å². The van der Waals surface area contributed by atoms with Crippen LogP contribution in [0.5, 0.6) is 0 Å². The number of hydrogen-bond donors (Lipinski definition) is 5. The molecule has 36 heavy (non-hydrogen) atoms. The fourth-order valence-corrected chi connectivity index (χ4v) is 6.13. The van der Waals surface area contributed by atoms with E-state index in [1.807, 2.05) is 23.1 Å². The lowest BCUT2D eigenvalue weighted by Crippen LogP contribution is -2.60. The van der Waals surface area contributed by atoms with Gasteiger partial charge in [0.2, 0.25) is 6.29 Å². The van der Waals surface area contributed by atoms with Crippen LogP contribution in [0.25, 0.3) is 10.9 Å². The molecule has 4 aliphatic rings. The molecule has 10 heteroatoms. The molecule has 1 aromatic heterocycles. The highest BCUT2D eigenvalue weighted by Crippen LogP contribution is 2.48. The zero-order valence-electron chi connectivity index (χ0n) is 19.6. The molecule has 0 radical (unpaired) electrons. The van der Waals surface area contributed by atoms with Crippen LogP contribution in [0.3, 0.4) is 0 Å². The summed E-state index contributed by atoms with van der Waals surface area (Å²) in [6, 6.07) is 8.01. The summed E-state index contributed by atoms with van der Waals surface area (Å²) in [6.07, 6.45) is -3.53. The van der Waals surface area contributed by atoms with E-state index in [-0.39, 0.29) is 17.9 Å². The number of carbonyl (C=O) groups excluding carboxylic acids is 1. The van der Waals surface area contributed by atoms with E-state index in [4.69, 9.17) is 14.2 Å². The maximum atomic E-state index is 13.5. The summed E-state index contributed by atoms with van der Waals surface area (Å²) in [5.74, 6) is -0.783. The third-order valence-electron chi connectivity index (χ3n) is 8.04. The number of fused-ring (bicyclic) bond motifs is 6. The summed E-state index contributed by atoms with van der Waals surface area (Å²) in [5.41, 5.74) is 3.89. The van der Waals surface area contributed by atoms with Crippen molar-refractivity contribution in [3.05, 3.63) is 60.0 Å². The van der Waals surface area contributed by atoms with Crippen molar-refractivity contribution < 1.29 is 39.4 Å². The lowest BCUT2D eigenvalue weighted by molar-refractivity contribution is -0.339. The Kier molecular flexibility index (Phi) is 5.90. The SMILES string of the molecule is C=C[C@H]1[C@@H](O[C@@H]2O[C@H](CO)[C@@H](O)[C@H](O)[C@H]2O)OC=C2C(=O)N3CCc4c([nH]c5ccccc45)[C@H]3C[C@H]21. The number of nitrogens with zero attached hydrogens (tertiary/aromatic N) is 1. The molecular weight excluding hydrogens is 468 g/mol. The first-order valence-electron chi connectivity index (χ1n) is 12.3. The number of hydrogen-bond acceptors (Lipinski definition) is 8. The summed E-state index contributed by atoms with van der Waals surface area (Å²) >= 11 is 0. The lowest BCUT2D eigenvalue weighted by Gasteiger charge is -2.48. The summed E-state index contributed by atoms with van der Waals surface area (Å²) in [7, 11) is 0. The standard InChI is InChI=1S/C26H30N2O8/c1-2-12-15-9-18-20-14(13-5-3-4-6-17(13)27-20)7-8-28(18)24(33)16(15)11-34-25(12)36-26-23(32)22(31)21(30)19(10-29)35-26/h2-6,11-12,15,18-19,21-23,25-27,29-32H,1,7-10H2/t12-,15+,18-,19-,21-,22+,23-,25-,26+/m1/s1. The molecule has 5 heterocycles. The van der Waals surface area contributed by atoms with E-state index in [9.17, 15) is 25.2 Å². The number of ether oxygens (including phenoxy) is 3. The Morgan fingerprint density at radius 2 is 1.97 bits per heavy atom. The molecule has 0 aliphatic carbocycles. The third-order valence-corrected chi connectivity index (χ3v) is 8.04. The first-order chi connectivity index (χ1) is 17.4. The number of benzene rings is 1. The molecule has 5 N–H and O–H groups in total. The van der Waals surface area contributed by atoms with Crippen LogP contribution in [0.4, 0.5) is 0 Å². The average molecular weight is 499 g/mol. The number of aliphatic hydroxyl groups excluding tert-OH is 4. The Bertz CT molecular complexity index is 1210. The van der Waals surface area contributed by atoms with E-state index in [2.05, 4.69) is 17.6 Å². The van der Waals surface area contributed by atoms with Crippen molar-refractivity contribution in [1.29, 1.82) is 0 Å². The molecule has 10 nitrogen and oxygen atoms in total. The Morgan fingerprint density at radius 3 is 2.75 bits per heavy atom. The van der Waals surface area contributed by atoms with Gasteiger partial charge >= 0.3 is 0 Å². The highest BCUT2D eigenvalue weighted by molar-refractivity contribution is 5.96. The van der Waals surface area contributed by atoms with E-state index in [1.165, 1.54) is 17.2 Å². The van der Waals surface area contributed by atoms with Crippen LogP contribution in [-0.2, 0) is 25.4 Å². The topological polar surface area (TPSA) is 145 Å². The number of piperidine rings is 1. The Balaban J connectivity index is 1.28. The van der Waals surface area contributed by atoms with Gasteiger partial charge in [0.1, 0.15) is 24.4 Å². The van der Waals surface area contributed by atoms with Crippen LogP contribution >= 0.6 is 0 Å². The van der Waals surface area contributed by atoms with Gasteiger partial charge in [-0.2, -0.15) is 0 Å². The predicted molar refractivity (Wildman–Crippen MR) is 126 cm³/mol. The predicted octanol–water partition coefficient (Wildman–Crippen LogP) is 0.473. The maximum Gasteiger partial charge on any atom is 0.253 e. The minimum absolute atomic E-state index is 0.0845. The molecule has 9 atom stereocenters. The fraction of sp³-hybridized carbons (Fsp3) is 0.500. The second kappa shape index (κ2) is 8.98. The van der Waals surface area contributed by atoms with E-state index in [0.29, 0.717) is 18.5 Å². The van der Waals surface area contributed by atoms with Gasteiger partial charge in [0, 0.05) is 35.0 Å². The molecule has 1 amide bonds. The number of H-pyrrole nitrogens is 1. The van der Waals surface area contributed by atoms with Crippen LogP contribution in [0.1, 0.15) is 23.7 Å². The number of aromatic amines is 1. The van der Waals surface area contributed by atoms with Gasteiger partial charge in [-0.3, -0.25) is 4.79 Å². The van der Waals surface area contributed by atoms with E-state index >= 15 is 0 Å². The van der Waals surface area contributed by atoms with Gasteiger partial charge in [-0.1, -0.05) is 24.3 Å². The van der Waals surface area contributed by atoms with Gasteiger partial charge in [-0.15, -0.1) is 6.58 Å². The van der Waals surface area contributed by atoms with Gasteiger partial charge in [0.05, 0.1) is 24.5 Å². The molecule has 2 fully saturated rings. The summed E-state index contributed by atoms with van der Waals surface area (Å²) in [6.45, 7) is 4.01. The van der Waals surface area contributed by atoms with Crippen LogP contribution in [0.15, 0.2) is 48.8 Å². The maximum absolute atomic E-state index is 13.5. The summed E-state index contributed by atoms with van der Waals surface area (Å²) in [5, 5.41) is 41.3. The summed E-state index contributed by atoms with van der Waals surface area (Å²) in [4.78, 5) is 19.0. The van der Waals surface area contributed by atoms with Gasteiger partial charge in [0.25, 0.3) is 5.91 Å². The van der Waals surface area contributed by atoms with Crippen molar-refractivity contribution in [2.75, 3.05) is 13.2 Å². The molecule has 0 saturated carbocycles. The first kappa shape index (κ1) is 23.7. The molecule has 4 aliphatic heterocycles.